The third-order valence-corrected chi connectivity index (χ3v) is 9.76. The van der Waals surface area contributed by atoms with Gasteiger partial charge >= 0.3 is 0 Å². The second-order valence-corrected chi connectivity index (χ2v) is 13.2. The maximum atomic E-state index is 6.19. The molecule has 0 unspecified atom stereocenters. The molecule has 0 radical (unpaired) electrons. The first-order valence-corrected chi connectivity index (χ1v) is 12.1. The maximum absolute atomic E-state index is 6.19. The molecule has 5 heteroatoms. The van der Waals surface area contributed by atoms with Crippen LogP contribution in [0, 0.1) is 6.92 Å². The normalized spacial score (nSPS) is 15.6. The summed E-state index contributed by atoms with van der Waals surface area (Å²) in [6.45, 7) is 15.8. The van der Waals surface area contributed by atoms with E-state index in [4.69, 9.17) is 9.16 Å². The summed E-state index contributed by atoms with van der Waals surface area (Å²) in [6, 6.07) is 2.80. The molecule has 136 valence electrons. The Kier molecular flexibility index (Phi) is 6.45. The van der Waals surface area contributed by atoms with Gasteiger partial charge in [-0.15, -0.1) is 0 Å². The van der Waals surface area contributed by atoms with Crippen molar-refractivity contribution in [3.63, 3.8) is 0 Å². The van der Waals surface area contributed by atoms with E-state index in [9.17, 15) is 0 Å². The molecule has 0 aromatic carbocycles. The molecule has 1 N–H and O–H groups in total. The number of nitrogens with one attached hydrogen (secondary N) is 1. The number of hydrogen-bond acceptors (Lipinski definition) is 4. The lowest BCUT2D eigenvalue weighted by atomic mass is 10.1. The Bertz CT molecular complexity index is 537. The van der Waals surface area contributed by atoms with Crippen LogP contribution in [0.25, 0.3) is 0 Å². The molecule has 1 aromatic heterocycles. The van der Waals surface area contributed by atoms with Crippen LogP contribution in [0.3, 0.4) is 0 Å². The van der Waals surface area contributed by atoms with Gasteiger partial charge in [-0.3, -0.25) is 0 Å². The summed E-state index contributed by atoms with van der Waals surface area (Å²) < 4.78 is 12.1. The van der Waals surface area contributed by atoms with E-state index >= 15 is 0 Å². The molecular weight excluding hydrogens is 316 g/mol. The van der Waals surface area contributed by atoms with E-state index in [1.807, 2.05) is 6.20 Å². The van der Waals surface area contributed by atoms with Crippen molar-refractivity contribution in [2.24, 2.45) is 0 Å². The Labute approximate surface area is 148 Å². The number of hydrogen-bond donors (Lipinski definition) is 1. The van der Waals surface area contributed by atoms with Crippen molar-refractivity contribution in [2.75, 3.05) is 13.2 Å². The van der Waals surface area contributed by atoms with Gasteiger partial charge in [0.25, 0.3) is 0 Å². The average Bonchev–Trinajstić information content (AvgIpc) is 3.30. The SMILES string of the molecule is Cc1c(CNC2CC2)ccnc1OCCCO[Si](C)(C)C(C)(C)C. The molecule has 1 aliphatic rings. The molecule has 24 heavy (non-hydrogen) atoms. The topological polar surface area (TPSA) is 43.4 Å². The Morgan fingerprint density at radius 3 is 2.58 bits per heavy atom. The van der Waals surface area contributed by atoms with E-state index in [-0.39, 0.29) is 5.04 Å². The fraction of sp³-hybridized carbons (Fsp3) is 0.737. The Morgan fingerprint density at radius 2 is 1.96 bits per heavy atom. The van der Waals surface area contributed by atoms with Crippen molar-refractivity contribution in [3.05, 3.63) is 23.4 Å². The smallest absolute Gasteiger partial charge is 0.216 e. The predicted molar refractivity (Wildman–Crippen MR) is 102 cm³/mol. The van der Waals surface area contributed by atoms with Crippen LogP contribution in [0.15, 0.2) is 12.3 Å². The van der Waals surface area contributed by atoms with Gasteiger partial charge in [-0.05, 0) is 49.5 Å². The van der Waals surface area contributed by atoms with Crippen LogP contribution in [-0.2, 0) is 11.0 Å². The zero-order valence-corrected chi connectivity index (χ0v) is 17.2. The summed E-state index contributed by atoms with van der Waals surface area (Å²) in [5.41, 5.74) is 2.43. The molecule has 1 heterocycles. The van der Waals surface area contributed by atoms with Gasteiger partial charge in [-0.1, -0.05) is 20.8 Å². The van der Waals surface area contributed by atoms with E-state index in [1.165, 1.54) is 18.4 Å². The van der Waals surface area contributed by atoms with Crippen molar-refractivity contribution in [1.29, 1.82) is 0 Å². The highest BCUT2D eigenvalue weighted by Crippen LogP contribution is 2.36. The number of nitrogens with zero attached hydrogens (tertiary/aromatic N) is 1. The van der Waals surface area contributed by atoms with Crippen LogP contribution in [0.2, 0.25) is 18.1 Å². The summed E-state index contributed by atoms with van der Waals surface area (Å²) in [4.78, 5) is 4.39. The van der Waals surface area contributed by atoms with Gasteiger partial charge in [0.1, 0.15) is 0 Å². The highest BCUT2D eigenvalue weighted by Gasteiger charge is 2.36. The van der Waals surface area contributed by atoms with Gasteiger partial charge in [0, 0.05) is 37.4 Å². The van der Waals surface area contributed by atoms with Crippen LogP contribution in [0.4, 0.5) is 0 Å². The van der Waals surface area contributed by atoms with E-state index in [0.29, 0.717) is 6.61 Å². The molecule has 1 aliphatic carbocycles. The number of rotatable bonds is 9. The zero-order valence-electron chi connectivity index (χ0n) is 16.2. The summed E-state index contributed by atoms with van der Waals surface area (Å²) in [7, 11) is -1.65. The summed E-state index contributed by atoms with van der Waals surface area (Å²) in [5, 5.41) is 3.81. The molecule has 1 aromatic rings. The van der Waals surface area contributed by atoms with Gasteiger partial charge in [0.2, 0.25) is 5.88 Å². The van der Waals surface area contributed by atoms with Crippen LogP contribution >= 0.6 is 0 Å². The monoisotopic (exact) mass is 350 g/mol. The molecule has 4 nitrogen and oxygen atoms in total. The van der Waals surface area contributed by atoms with E-state index < -0.39 is 8.32 Å². The highest BCUT2D eigenvalue weighted by atomic mass is 28.4. The zero-order chi connectivity index (χ0) is 17.8. The van der Waals surface area contributed by atoms with E-state index in [2.05, 4.69) is 57.2 Å². The van der Waals surface area contributed by atoms with Crippen LogP contribution in [0.5, 0.6) is 5.88 Å². The van der Waals surface area contributed by atoms with Gasteiger partial charge in [0.05, 0.1) is 6.61 Å². The molecular formula is C19H34N2O2Si. The van der Waals surface area contributed by atoms with E-state index in [1.54, 1.807) is 0 Å². The molecule has 1 fully saturated rings. The van der Waals surface area contributed by atoms with Crippen molar-refractivity contribution in [1.82, 2.24) is 10.3 Å². The predicted octanol–water partition coefficient (Wildman–Crippen LogP) is 4.43. The van der Waals surface area contributed by atoms with Crippen LogP contribution < -0.4 is 10.1 Å². The molecule has 2 rings (SSSR count). The first-order chi connectivity index (χ1) is 11.2. The van der Waals surface area contributed by atoms with Gasteiger partial charge in [0.15, 0.2) is 8.32 Å². The third-order valence-electron chi connectivity index (χ3n) is 5.23. The molecule has 0 bridgehead atoms. The van der Waals surface area contributed by atoms with Gasteiger partial charge in [-0.2, -0.15) is 0 Å². The first kappa shape index (κ1) is 19.4. The van der Waals surface area contributed by atoms with Crippen LogP contribution in [0.1, 0.15) is 51.2 Å². The maximum Gasteiger partial charge on any atom is 0.216 e. The second-order valence-electron chi connectivity index (χ2n) is 8.37. The minimum absolute atomic E-state index is 0.259. The van der Waals surface area contributed by atoms with Gasteiger partial charge < -0.3 is 14.5 Å². The third kappa shape index (κ3) is 5.57. The lowest BCUT2D eigenvalue weighted by Gasteiger charge is -2.36. The summed E-state index contributed by atoms with van der Waals surface area (Å²) in [6.07, 6.45) is 5.36. The Morgan fingerprint density at radius 1 is 1.25 bits per heavy atom. The highest BCUT2D eigenvalue weighted by molar-refractivity contribution is 6.74. The van der Waals surface area contributed by atoms with Crippen molar-refractivity contribution < 1.29 is 9.16 Å². The fourth-order valence-corrected chi connectivity index (χ4v) is 3.29. The Balaban J connectivity index is 1.75. The molecule has 0 atom stereocenters. The summed E-state index contributed by atoms with van der Waals surface area (Å²) >= 11 is 0. The fourth-order valence-electron chi connectivity index (χ4n) is 2.20. The second kappa shape index (κ2) is 7.98. The van der Waals surface area contributed by atoms with Crippen molar-refractivity contribution in [2.45, 2.75) is 77.7 Å². The van der Waals surface area contributed by atoms with Crippen LogP contribution in [-0.4, -0.2) is 32.6 Å². The first-order valence-electron chi connectivity index (χ1n) is 9.15. The molecule has 0 aliphatic heterocycles. The molecule has 0 saturated heterocycles. The van der Waals surface area contributed by atoms with Crippen molar-refractivity contribution in [3.8, 4) is 5.88 Å². The number of ether oxygens (including phenoxy) is 1. The molecule has 0 spiro atoms. The molecule has 0 amide bonds. The number of pyridine rings is 1. The lowest BCUT2D eigenvalue weighted by Crippen LogP contribution is -2.41. The standard InChI is InChI=1S/C19H34N2O2Si/c1-15-16(14-21-17-8-9-17)10-11-20-18(15)22-12-7-13-23-24(5,6)19(2,3)4/h10-11,17,21H,7-9,12-14H2,1-6H3. The quantitative estimate of drug-likeness (QED) is 0.528. The molecule has 1 saturated carbocycles. The lowest BCUT2D eigenvalue weighted by molar-refractivity contribution is 0.228. The largest absolute Gasteiger partial charge is 0.477 e. The van der Waals surface area contributed by atoms with E-state index in [0.717, 1.165) is 37.1 Å². The summed E-state index contributed by atoms with van der Waals surface area (Å²) in [5.74, 6) is 0.762. The van der Waals surface area contributed by atoms with Gasteiger partial charge in [-0.25, -0.2) is 4.98 Å². The number of aromatic nitrogens is 1. The average molecular weight is 351 g/mol. The minimum Gasteiger partial charge on any atom is -0.477 e. The Hall–Kier alpha value is -0.913. The minimum atomic E-state index is -1.65. The van der Waals surface area contributed by atoms with Crippen molar-refractivity contribution >= 4 is 8.32 Å².